The SMILES string of the molecule is CC(C)OC(=O)[C@@H](C)NP1(=O)OC[C@H]2O[C@@H](n3ccc(=O)[nH]c3=O)[C@](C)(Cl)[C@@H]2O1.CC(C)OC(=O)[C@H](C)NP1(=O)OC[C@H]2O[C@@H](n3ccc(=O)[nH]c3=O)[C@](C)(Cl)[C@@H]2O1.CC(C)OC(=O)[C@H](C)N[P@@]1(=O)OC[C@H]2O[C@@H](n3ccc(=O)[nH]c3=O)[C@](C)(Cl)[C@@H]2O1. The van der Waals surface area contributed by atoms with E-state index in [0.29, 0.717) is 0 Å². The van der Waals surface area contributed by atoms with E-state index in [2.05, 4.69) is 30.2 Å². The number of fused-ring (bicyclic) bond motifs is 3. The van der Waals surface area contributed by atoms with Crippen LogP contribution in [-0.4, -0.2) is 154 Å². The molecular formula is C48H69Cl3N9O24P3. The zero-order chi connectivity index (χ0) is 64.7. The minimum Gasteiger partial charge on any atom is -0.462 e. The van der Waals surface area contributed by atoms with Crippen molar-refractivity contribution in [3.05, 3.63) is 99.3 Å². The maximum absolute atomic E-state index is 13.0. The van der Waals surface area contributed by atoms with E-state index in [1.165, 1.54) is 39.4 Å². The number of carbonyl (C=O) groups is 3. The Bertz CT molecular complexity index is 3190. The molecule has 0 bridgehead atoms. The van der Waals surface area contributed by atoms with E-state index < -0.39 is 163 Å². The normalized spacial score (nSPS) is 35.3. The van der Waals surface area contributed by atoms with Gasteiger partial charge in [0, 0.05) is 36.8 Å². The fraction of sp³-hybridized carbons (Fsp3) is 0.688. The fourth-order valence-corrected chi connectivity index (χ4v) is 16.0. The van der Waals surface area contributed by atoms with Crippen molar-refractivity contribution in [2.24, 2.45) is 0 Å². The van der Waals surface area contributed by atoms with Gasteiger partial charge in [0.25, 0.3) is 16.7 Å². The van der Waals surface area contributed by atoms with Gasteiger partial charge in [-0.25, -0.2) is 43.3 Å². The Morgan fingerprint density at radius 2 is 0.713 bits per heavy atom. The number of rotatable bonds is 15. The molecule has 39 heteroatoms. The second kappa shape index (κ2) is 27.2. The molecular weight excluding hydrogens is 1290 g/mol. The predicted molar refractivity (Wildman–Crippen MR) is 305 cm³/mol. The molecule has 9 rings (SSSR count). The fourth-order valence-electron chi connectivity index (χ4n) is 9.49. The third kappa shape index (κ3) is 16.2. The number of esters is 3. The Kier molecular flexibility index (Phi) is 21.8. The highest BCUT2D eigenvalue weighted by Crippen LogP contribution is 2.60. The molecule has 33 nitrogen and oxygen atoms in total. The van der Waals surface area contributed by atoms with Gasteiger partial charge in [0.05, 0.1) is 38.1 Å². The first-order valence-electron chi connectivity index (χ1n) is 27.0. The van der Waals surface area contributed by atoms with Crippen molar-refractivity contribution in [2.45, 2.75) is 189 Å². The number of aromatic amines is 3. The first-order chi connectivity index (χ1) is 40.3. The maximum Gasteiger partial charge on any atom is 0.406 e. The number of H-pyrrole nitrogens is 3. The van der Waals surface area contributed by atoms with E-state index in [4.69, 9.17) is 90.4 Å². The molecule has 0 aliphatic carbocycles. The van der Waals surface area contributed by atoms with E-state index in [0.717, 1.165) is 31.9 Å². The molecule has 87 heavy (non-hydrogen) atoms. The Hall–Kier alpha value is -4.47. The molecule has 6 saturated heterocycles. The van der Waals surface area contributed by atoms with Gasteiger partial charge in [-0.1, -0.05) is 0 Å². The van der Waals surface area contributed by atoms with Crippen molar-refractivity contribution in [3.63, 3.8) is 0 Å². The van der Waals surface area contributed by atoms with Crippen LogP contribution in [0.15, 0.2) is 65.6 Å². The second-order valence-corrected chi connectivity index (χ2v) is 29.7. The van der Waals surface area contributed by atoms with E-state index in [1.54, 1.807) is 62.3 Å². The molecule has 9 heterocycles. The minimum absolute atomic E-state index is 0.141. The number of hydrogen-bond acceptors (Lipinski definition) is 24. The summed E-state index contributed by atoms with van der Waals surface area (Å²) < 4.78 is 108. The van der Waals surface area contributed by atoms with E-state index in [1.807, 2.05) is 0 Å². The van der Waals surface area contributed by atoms with Gasteiger partial charge in [-0.3, -0.25) is 84.6 Å². The third-order valence-corrected chi connectivity index (χ3v) is 19.8. The van der Waals surface area contributed by atoms with Gasteiger partial charge in [0.15, 0.2) is 18.7 Å². The summed E-state index contributed by atoms with van der Waals surface area (Å²) in [6.45, 7) is 18.8. The molecule has 6 N–H and O–H groups in total. The molecule has 0 aromatic carbocycles. The Balaban J connectivity index is 0.000000186. The molecule has 6 aliphatic rings. The average molecular weight is 1360 g/mol. The van der Waals surface area contributed by atoms with Crippen molar-refractivity contribution in [3.8, 4) is 0 Å². The lowest BCUT2D eigenvalue weighted by atomic mass is 10.0. The number of alkyl halides is 3. The van der Waals surface area contributed by atoms with Crippen molar-refractivity contribution in [1.82, 2.24) is 43.9 Å². The summed E-state index contributed by atoms with van der Waals surface area (Å²) in [7, 11) is -11.7. The summed E-state index contributed by atoms with van der Waals surface area (Å²) in [6.07, 6.45) is -5.20. The molecule has 3 aromatic rings. The van der Waals surface area contributed by atoms with Crippen LogP contribution in [0, 0.1) is 0 Å². The lowest BCUT2D eigenvalue weighted by Crippen LogP contribution is -2.47. The molecule has 0 saturated carbocycles. The van der Waals surface area contributed by atoms with Crippen LogP contribution in [0.25, 0.3) is 0 Å². The second-order valence-electron chi connectivity index (χ2n) is 22.1. The largest absolute Gasteiger partial charge is 0.462 e. The smallest absolute Gasteiger partial charge is 0.406 e. The van der Waals surface area contributed by atoms with E-state index in [-0.39, 0.29) is 38.1 Å². The molecule has 486 valence electrons. The number of halogens is 3. The van der Waals surface area contributed by atoms with Gasteiger partial charge in [0.1, 0.15) is 69.4 Å². The lowest BCUT2D eigenvalue weighted by molar-refractivity contribution is -0.150. The zero-order valence-electron chi connectivity index (χ0n) is 48.9. The summed E-state index contributed by atoms with van der Waals surface area (Å²) in [5.41, 5.74) is -3.81. The summed E-state index contributed by atoms with van der Waals surface area (Å²) in [5, 5.41) is 7.59. The first kappa shape index (κ1) is 70.0. The first-order valence-corrected chi connectivity index (χ1v) is 32.8. The lowest BCUT2D eigenvalue weighted by Gasteiger charge is -2.36. The molecule has 0 amide bonds. The molecule has 0 radical (unpaired) electrons. The van der Waals surface area contributed by atoms with Crippen LogP contribution in [0.5, 0.6) is 0 Å². The van der Waals surface area contributed by atoms with Gasteiger partial charge in [-0.15, -0.1) is 34.8 Å². The van der Waals surface area contributed by atoms with Gasteiger partial charge < -0.3 is 28.4 Å². The monoisotopic (exact) mass is 1350 g/mol. The summed E-state index contributed by atoms with van der Waals surface area (Å²) >= 11 is 20.0. The molecule has 18 atom stereocenters. The highest BCUT2D eigenvalue weighted by atomic mass is 35.5. The molecule has 3 aromatic heterocycles. The Morgan fingerprint density at radius 3 is 0.920 bits per heavy atom. The van der Waals surface area contributed by atoms with E-state index >= 15 is 0 Å². The van der Waals surface area contributed by atoms with Crippen LogP contribution in [-0.2, 0) is 83.6 Å². The van der Waals surface area contributed by atoms with Crippen molar-refractivity contribution in [1.29, 1.82) is 0 Å². The average Bonchev–Trinajstić information content (AvgIpc) is 1.75. The summed E-state index contributed by atoms with van der Waals surface area (Å²) in [6, 6.07) is 0.603. The van der Waals surface area contributed by atoms with Crippen LogP contribution in [0.1, 0.15) is 102 Å². The Labute approximate surface area is 510 Å². The van der Waals surface area contributed by atoms with Crippen LogP contribution in [0.3, 0.4) is 0 Å². The van der Waals surface area contributed by atoms with Crippen LogP contribution >= 0.6 is 58.0 Å². The highest BCUT2D eigenvalue weighted by Gasteiger charge is 2.63. The number of aromatic nitrogens is 6. The van der Waals surface area contributed by atoms with Crippen molar-refractivity contribution in [2.75, 3.05) is 19.8 Å². The summed E-state index contributed by atoms with van der Waals surface area (Å²) in [5.74, 6) is -1.84. The standard InChI is InChI=1S/3C16H23ClN3O8P/c3*1-8(2)26-13(22)9(3)19-29(24)25-7-10-12(28-29)16(4,17)14(27-10)20-6-5-11(21)18-15(20)23/h3*5-6,8-10,12,14H,7H2,1-4H3,(H,19,24)(H,18,21,23)/t9-,10+,12+,14+,16+,29?;9-,10+,12+,14+,16+,29+;9-,10-,12-,14-,16-,29?/m001/s1. The predicted octanol–water partition coefficient (Wildman–Crippen LogP) is 2.65. The van der Waals surface area contributed by atoms with Gasteiger partial charge in [-0.2, -0.15) is 0 Å². The topological polar surface area (TPSA) is 414 Å². The van der Waals surface area contributed by atoms with Crippen molar-refractivity contribution >= 4 is 76.0 Å². The zero-order valence-corrected chi connectivity index (χ0v) is 53.8. The van der Waals surface area contributed by atoms with Gasteiger partial charge >= 0.3 is 58.2 Å². The minimum atomic E-state index is -3.92. The van der Waals surface area contributed by atoms with Crippen molar-refractivity contribution < 1.29 is 83.6 Å². The molecule has 6 fully saturated rings. The molecule has 6 aliphatic heterocycles. The van der Waals surface area contributed by atoms with Gasteiger partial charge in [0.2, 0.25) is 0 Å². The third-order valence-electron chi connectivity index (χ3n) is 13.5. The number of ether oxygens (including phenoxy) is 6. The number of nitrogens with one attached hydrogen (secondary N) is 6. The molecule has 2 unspecified atom stereocenters. The summed E-state index contributed by atoms with van der Waals surface area (Å²) in [4.78, 5) is 109. The number of hydrogen-bond donors (Lipinski definition) is 6. The van der Waals surface area contributed by atoms with E-state index in [9.17, 15) is 56.8 Å². The number of nitrogens with zero attached hydrogens (tertiary/aromatic N) is 3. The molecule has 0 spiro atoms. The maximum atomic E-state index is 13.0. The van der Waals surface area contributed by atoms with Crippen LogP contribution in [0.2, 0.25) is 0 Å². The van der Waals surface area contributed by atoms with Crippen LogP contribution < -0.4 is 49.0 Å². The number of carbonyl (C=O) groups excluding carboxylic acids is 3. The Morgan fingerprint density at radius 1 is 0.483 bits per heavy atom. The highest BCUT2D eigenvalue weighted by molar-refractivity contribution is 7.52. The quantitative estimate of drug-likeness (QED) is 0.0551. The van der Waals surface area contributed by atoms with Gasteiger partial charge in [-0.05, 0) is 83.1 Å². The van der Waals surface area contributed by atoms with Crippen LogP contribution in [0.4, 0.5) is 0 Å².